The number of ether oxygens (including phenoxy) is 3. The molecule has 27 heavy (non-hydrogen) atoms. The number of methoxy groups -OCH3 is 3. The lowest BCUT2D eigenvalue weighted by molar-refractivity contribution is -0.112. The average Bonchev–Trinajstić information content (AvgIpc) is 2.68. The summed E-state index contributed by atoms with van der Waals surface area (Å²) in [6.45, 7) is 0. The molecule has 2 N–H and O–H groups in total. The number of nitriles is 1. The number of halogens is 1. The van der Waals surface area contributed by atoms with Gasteiger partial charge < -0.3 is 24.8 Å². The van der Waals surface area contributed by atoms with Crippen molar-refractivity contribution in [3.05, 3.63) is 53.2 Å². The molecule has 0 aliphatic carbocycles. The largest absolute Gasteiger partial charge is 0.497 e. The van der Waals surface area contributed by atoms with Gasteiger partial charge in [0, 0.05) is 17.3 Å². The van der Waals surface area contributed by atoms with Crippen LogP contribution in [-0.4, -0.2) is 27.2 Å². The van der Waals surface area contributed by atoms with Crippen molar-refractivity contribution < 1.29 is 19.0 Å². The highest BCUT2D eigenvalue weighted by Crippen LogP contribution is 2.30. The number of carbonyl (C=O) groups excluding carboxylic acids is 1. The molecule has 0 aliphatic rings. The fourth-order valence-corrected chi connectivity index (χ4v) is 2.37. The molecule has 0 radical (unpaired) electrons. The van der Waals surface area contributed by atoms with Gasteiger partial charge in [-0.1, -0.05) is 11.6 Å². The van der Waals surface area contributed by atoms with E-state index in [4.69, 9.17) is 25.8 Å². The van der Waals surface area contributed by atoms with Gasteiger partial charge in [-0.25, -0.2) is 0 Å². The first-order valence-corrected chi connectivity index (χ1v) is 8.14. The quantitative estimate of drug-likeness (QED) is 0.554. The Morgan fingerprint density at radius 1 is 1.04 bits per heavy atom. The zero-order valence-corrected chi connectivity index (χ0v) is 15.8. The normalized spacial score (nSPS) is 10.6. The van der Waals surface area contributed by atoms with Crippen molar-refractivity contribution in [2.75, 3.05) is 32.0 Å². The van der Waals surface area contributed by atoms with Crippen molar-refractivity contribution in [3.63, 3.8) is 0 Å². The van der Waals surface area contributed by atoms with Gasteiger partial charge in [-0.3, -0.25) is 4.79 Å². The summed E-state index contributed by atoms with van der Waals surface area (Å²) in [5.74, 6) is 0.877. The van der Waals surface area contributed by atoms with Gasteiger partial charge in [0.25, 0.3) is 5.91 Å². The molecule has 2 aromatic rings. The highest BCUT2D eigenvalue weighted by atomic mass is 35.5. The Bertz CT molecular complexity index is 906. The van der Waals surface area contributed by atoms with E-state index in [9.17, 15) is 10.1 Å². The van der Waals surface area contributed by atoms with Crippen molar-refractivity contribution in [2.45, 2.75) is 0 Å². The van der Waals surface area contributed by atoms with Crippen molar-refractivity contribution in [3.8, 4) is 23.3 Å². The van der Waals surface area contributed by atoms with Gasteiger partial charge in [0.15, 0.2) is 0 Å². The number of nitrogens with one attached hydrogen (secondary N) is 2. The van der Waals surface area contributed by atoms with Crippen LogP contribution in [0.1, 0.15) is 0 Å². The molecule has 0 heterocycles. The number of anilines is 2. The Balaban J connectivity index is 2.23. The highest BCUT2D eigenvalue weighted by molar-refractivity contribution is 6.31. The summed E-state index contributed by atoms with van der Waals surface area (Å²) in [5, 5.41) is 15.3. The summed E-state index contributed by atoms with van der Waals surface area (Å²) in [5.41, 5.74) is 0.745. The molecule has 2 rings (SSSR count). The molecule has 8 heteroatoms. The van der Waals surface area contributed by atoms with Crippen LogP contribution in [0.25, 0.3) is 0 Å². The van der Waals surface area contributed by atoms with E-state index < -0.39 is 5.91 Å². The monoisotopic (exact) mass is 387 g/mol. The Hall–Kier alpha value is -3.37. The summed E-state index contributed by atoms with van der Waals surface area (Å²) in [7, 11) is 4.49. The molecule has 0 saturated heterocycles. The molecule has 140 valence electrons. The number of nitrogens with zero attached hydrogens (tertiary/aromatic N) is 1. The minimum Gasteiger partial charge on any atom is -0.497 e. The predicted molar refractivity (Wildman–Crippen MR) is 103 cm³/mol. The summed E-state index contributed by atoms with van der Waals surface area (Å²) >= 11 is 5.97. The van der Waals surface area contributed by atoms with Crippen molar-refractivity contribution in [1.82, 2.24) is 0 Å². The first kappa shape index (κ1) is 19.9. The topological polar surface area (TPSA) is 92.6 Å². The SMILES string of the molecule is COc1ccc(OC)c(NC(=O)/C(C#N)=C\Nc2cc(Cl)ccc2OC)c1. The maximum atomic E-state index is 12.5. The Kier molecular flexibility index (Phi) is 6.92. The van der Waals surface area contributed by atoms with Crippen LogP contribution in [0.3, 0.4) is 0 Å². The van der Waals surface area contributed by atoms with E-state index >= 15 is 0 Å². The van der Waals surface area contributed by atoms with Crippen LogP contribution in [0.2, 0.25) is 5.02 Å². The molecular weight excluding hydrogens is 370 g/mol. The number of carbonyl (C=O) groups is 1. The molecular formula is C19H18ClN3O4. The fourth-order valence-electron chi connectivity index (χ4n) is 2.19. The number of hydrogen-bond donors (Lipinski definition) is 2. The maximum Gasteiger partial charge on any atom is 0.267 e. The molecule has 2 aromatic carbocycles. The molecule has 0 atom stereocenters. The summed E-state index contributed by atoms with van der Waals surface area (Å²) < 4.78 is 15.6. The van der Waals surface area contributed by atoms with Gasteiger partial charge in [0.05, 0.1) is 32.7 Å². The molecule has 0 saturated carbocycles. The third kappa shape index (κ3) is 5.06. The van der Waals surface area contributed by atoms with E-state index in [1.54, 1.807) is 36.4 Å². The van der Waals surface area contributed by atoms with E-state index in [0.717, 1.165) is 0 Å². The highest BCUT2D eigenvalue weighted by Gasteiger charge is 2.14. The minimum atomic E-state index is -0.613. The zero-order chi connectivity index (χ0) is 19.8. The standard InChI is InChI=1S/C19H18ClN3O4/c1-25-14-5-7-18(27-3)16(9-14)23-19(24)12(10-21)11-22-15-8-13(20)4-6-17(15)26-2/h4-9,11,22H,1-3H3,(H,23,24)/b12-11-. The zero-order valence-electron chi connectivity index (χ0n) is 15.0. The van der Waals surface area contributed by atoms with Crippen molar-refractivity contribution in [2.24, 2.45) is 0 Å². The summed E-state index contributed by atoms with van der Waals surface area (Å²) in [6, 6.07) is 11.8. The van der Waals surface area contributed by atoms with Crippen LogP contribution in [0, 0.1) is 11.3 Å². The molecule has 0 fully saturated rings. The first-order valence-electron chi connectivity index (χ1n) is 7.76. The lowest BCUT2D eigenvalue weighted by Crippen LogP contribution is -2.15. The van der Waals surface area contributed by atoms with Crippen LogP contribution in [0.15, 0.2) is 48.2 Å². The van der Waals surface area contributed by atoms with Gasteiger partial charge in [-0.2, -0.15) is 5.26 Å². The van der Waals surface area contributed by atoms with Gasteiger partial charge in [-0.15, -0.1) is 0 Å². The second-order valence-electron chi connectivity index (χ2n) is 5.18. The van der Waals surface area contributed by atoms with Gasteiger partial charge in [0.2, 0.25) is 0 Å². The van der Waals surface area contributed by atoms with Crippen molar-refractivity contribution >= 4 is 28.9 Å². The molecule has 7 nitrogen and oxygen atoms in total. The first-order chi connectivity index (χ1) is 13.0. The van der Waals surface area contributed by atoms with Gasteiger partial charge in [-0.05, 0) is 30.3 Å². The van der Waals surface area contributed by atoms with Crippen LogP contribution in [0.4, 0.5) is 11.4 Å². The lowest BCUT2D eigenvalue weighted by atomic mass is 10.2. The third-order valence-electron chi connectivity index (χ3n) is 3.55. The molecule has 0 unspecified atom stereocenters. The Morgan fingerprint density at radius 2 is 1.70 bits per heavy atom. The van der Waals surface area contributed by atoms with E-state index in [1.165, 1.54) is 27.5 Å². The maximum absolute atomic E-state index is 12.5. The second-order valence-corrected chi connectivity index (χ2v) is 5.62. The van der Waals surface area contributed by atoms with Crippen LogP contribution in [-0.2, 0) is 4.79 Å². The Morgan fingerprint density at radius 3 is 2.33 bits per heavy atom. The number of rotatable bonds is 7. The molecule has 1 amide bonds. The lowest BCUT2D eigenvalue weighted by Gasteiger charge is -2.12. The Labute approximate surface area is 162 Å². The van der Waals surface area contributed by atoms with Crippen LogP contribution < -0.4 is 24.8 Å². The summed E-state index contributed by atoms with van der Waals surface area (Å²) in [6.07, 6.45) is 1.27. The molecule has 0 aliphatic heterocycles. The van der Waals surface area contributed by atoms with E-state index in [1.807, 2.05) is 6.07 Å². The third-order valence-corrected chi connectivity index (χ3v) is 3.79. The average molecular weight is 388 g/mol. The van der Waals surface area contributed by atoms with Crippen molar-refractivity contribution in [1.29, 1.82) is 5.26 Å². The number of benzene rings is 2. The number of amides is 1. The van der Waals surface area contributed by atoms with Gasteiger partial charge in [0.1, 0.15) is 28.9 Å². The van der Waals surface area contributed by atoms with Crippen LogP contribution in [0.5, 0.6) is 17.2 Å². The van der Waals surface area contributed by atoms with E-state index in [2.05, 4.69) is 10.6 Å². The summed E-state index contributed by atoms with van der Waals surface area (Å²) in [4.78, 5) is 12.5. The molecule has 0 spiro atoms. The molecule has 0 aromatic heterocycles. The minimum absolute atomic E-state index is 0.151. The predicted octanol–water partition coefficient (Wildman–Crippen LogP) is 3.82. The van der Waals surface area contributed by atoms with E-state index in [-0.39, 0.29) is 5.57 Å². The smallest absolute Gasteiger partial charge is 0.267 e. The fraction of sp³-hybridized carbons (Fsp3) is 0.158. The second kappa shape index (κ2) is 9.36. The molecule has 0 bridgehead atoms. The van der Waals surface area contributed by atoms with E-state index in [0.29, 0.717) is 33.6 Å². The number of hydrogen-bond acceptors (Lipinski definition) is 6. The van der Waals surface area contributed by atoms with Gasteiger partial charge >= 0.3 is 0 Å². The van der Waals surface area contributed by atoms with Crippen LogP contribution >= 0.6 is 11.6 Å².